The summed E-state index contributed by atoms with van der Waals surface area (Å²) in [6.45, 7) is 0. The van der Waals surface area contributed by atoms with Crippen molar-refractivity contribution in [2.45, 2.75) is 0 Å². The van der Waals surface area contributed by atoms with E-state index in [1.807, 2.05) is 0 Å². The highest BCUT2D eigenvalue weighted by molar-refractivity contribution is 6.07. The van der Waals surface area contributed by atoms with Crippen molar-refractivity contribution in [1.82, 2.24) is 9.97 Å². The molecule has 0 saturated carbocycles. The summed E-state index contributed by atoms with van der Waals surface area (Å²) in [4.78, 5) is 18.3. The van der Waals surface area contributed by atoms with Crippen LogP contribution in [0.4, 0.5) is 5.69 Å². The van der Waals surface area contributed by atoms with Crippen LogP contribution in [0.25, 0.3) is 11.0 Å². The predicted molar refractivity (Wildman–Crippen MR) is 51.8 cm³/mol. The minimum absolute atomic E-state index is 0.413. The first-order valence-electron chi connectivity index (χ1n) is 4.04. The lowest BCUT2D eigenvalue weighted by atomic mass is 10.2. The Morgan fingerprint density at radius 2 is 2.43 bits per heavy atom. The molecule has 0 bridgehead atoms. The molecule has 5 heteroatoms. The van der Waals surface area contributed by atoms with Gasteiger partial charge in [0.15, 0.2) is 0 Å². The second-order valence-corrected chi connectivity index (χ2v) is 2.82. The molecular weight excluding hydrogens is 182 g/mol. The molecule has 0 aliphatic carbocycles. The Kier molecular flexibility index (Phi) is 1.85. The van der Waals surface area contributed by atoms with Crippen LogP contribution in [0.5, 0.6) is 0 Å². The number of aromatic amines is 1. The molecule has 0 radical (unpaired) electrons. The van der Waals surface area contributed by atoms with Crippen LogP contribution in [0, 0.1) is 0 Å². The Morgan fingerprint density at radius 1 is 1.64 bits per heavy atom. The zero-order chi connectivity index (χ0) is 10.1. The van der Waals surface area contributed by atoms with E-state index < -0.39 is 5.97 Å². The average molecular weight is 191 g/mol. The van der Waals surface area contributed by atoms with Gasteiger partial charge in [0.05, 0.1) is 23.7 Å². The van der Waals surface area contributed by atoms with E-state index in [0.29, 0.717) is 22.3 Å². The maximum Gasteiger partial charge on any atom is 0.338 e. The number of nitrogens with two attached hydrogens (primary N) is 1. The second-order valence-electron chi connectivity index (χ2n) is 2.82. The first kappa shape index (κ1) is 8.55. The highest BCUT2D eigenvalue weighted by Crippen LogP contribution is 2.22. The molecule has 0 aromatic carbocycles. The maximum absolute atomic E-state index is 11.4. The molecule has 0 amide bonds. The number of hydrogen-bond acceptors (Lipinski definition) is 4. The van der Waals surface area contributed by atoms with Gasteiger partial charge in [0.2, 0.25) is 0 Å². The molecule has 2 heterocycles. The molecule has 0 atom stereocenters. The Bertz CT molecular complexity index is 490. The normalized spacial score (nSPS) is 10.4. The lowest BCUT2D eigenvalue weighted by Gasteiger charge is -2.00. The van der Waals surface area contributed by atoms with Crippen molar-refractivity contribution in [2.24, 2.45) is 0 Å². The van der Waals surface area contributed by atoms with E-state index in [4.69, 9.17) is 5.73 Å². The number of rotatable bonds is 1. The number of methoxy groups -OCH3 is 1. The van der Waals surface area contributed by atoms with Crippen molar-refractivity contribution in [3.63, 3.8) is 0 Å². The van der Waals surface area contributed by atoms with Crippen molar-refractivity contribution in [3.8, 4) is 0 Å². The van der Waals surface area contributed by atoms with Crippen LogP contribution in [-0.2, 0) is 4.74 Å². The van der Waals surface area contributed by atoms with Crippen molar-refractivity contribution in [2.75, 3.05) is 12.8 Å². The highest BCUT2D eigenvalue weighted by atomic mass is 16.5. The summed E-state index contributed by atoms with van der Waals surface area (Å²) >= 11 is 0. The van der Waals surface area contributed by atoms with Gasteiger partial charge in [-0.2, -0.15) is 0 Å². The molecule has 0 fully saturated rings. The second kappa shape index (κ2) is 3.02. The fraction of sp³-hybridized carbons (Fsp3) is 0.111. The third-order valence-electron chi connectivity index (χ3n) is 2.01. The molecule has 3 N–H and O–H groups in total. The van der Waals surface area contributed by atoms with Gasteiger partial charge in [-0.25, -0.2) is 9.78 Å². The number of H-pyrrole nitrogens is 1. The van der Waals surface area contributed by atoms with E-state index in [0.717, 1.165) is 0 Å². The van der Waals surface area contributed by atoms with Crippen LogP contribution in [0.3, 0.4) is 0 Å². The number of nitrogens with zero attached hydrogens (tertiary/aromatic N) is 1. The zero-order valence-electron chi connectivity index (χ0n) is 7.57. The molecule has 5 nitrogen and oxygen atoms in total. The number of carbonyl (C=O) groups excluding carboxylic acids is 1. The van der Waals surface area contributed by atoms with Crippen molar-refractivity contribution in [3.05, 3.63) is 24.0 Å². The Morgan fingerprint density at radius 3 is 3.14 bits per heavy atom. The Labute approximate surface area is 79.9 Å². The summed E-state index contributed by atoms with van der Waals surface area (Å²) in [6, 6.07) is 1.58. The van der Waals surface area contributed by atoms with Gasteiger partial charge in [-0.15, -0.1) is 0 Å². The number of carbonyl (C=O) groups is 1. The number of ether oxygens (including phenoxy) is 1. The van der Waals surface area contributed by atoms with Gasteiger partial charge in [0.25, 0.3) is 0 Å². The molecule has 72 valence electrons. The lowest BCUT2D eigenvalue weighted by molar-refractivity contribution is 0.0603. The minimum atomic E-state index is -0.413. The van der Waals surface area contributed by atoms with E-state index in [2.05, 4.69) is 14.7 Å². The summed E-state index contributed by atoms with van der Waals surface area (Å²) in [5.74, 6) is -0.413. The van der Waals surface area contributed by atoms with Gasteiger partial charge in [0.1, 0.15) is 5.65 Å². The Balaban J connectivity index is 2.75. The number of fused-ring (bicyclic) bond motifs is 1. The third-order valence-corrected chi connectivity index (χ3v) is 2.01. The summed E-state index contributed by atoms with van der Waals surface area (Å²) < 4.78 is 4.63. The molecule has 0 spiro atoms. The van der Waals surface area contributed by atoms with Gasteiger partial charge in [-0.05, 0) is 6.07 Å². The van der Waals surface area contributed by atoms with E-state index in [1.54, 1.807) is 12.3 Å². The summed E-state index contributed by atoms with van der Waals surface area (Å²) in [5, 5.41) is 0.611. The minimum Gasteiger partial charge on any atom is -0.465 e. The standard InChI is InChI=1S/C9H9N3O2/c1-14-9(13)5-2-3-11-8-7(5)6(10)4-12-8/h2-4H,10H2,1H3,(H,11,12). The molecule has 14 heavy (non-hydrogen) atoms. The quantitative estimate of drug-likeness (QED) is 0.657. The fourth-order valence-electron chi connectivity index (χ4n) is 1.36. The van der Waals surface area contributed by atoms with Gasteiger partial charge in [-0.1, -0.05) is 0 Å². The van der Waals surface area contributed by atoms with E-state index in [-0.39, 0.29) is 0 Å². The smallest absolute Gasteiger partial charge is 0.338 e. The number of pyridine rings is 1. The van der Waals surface area contributed by atoms with Crippen LogP contribution in [0.2, 0.25) is 0 Å². The third kappa shape index (κ3) is 1.10. The fourth-order valence-corrected chi connectivity index (χ4v) is 1.36. The lowest BCUT2D eigenvalue weighted by Crippen LogP contribution is -2.02. The Hall–Kier alpha value is -2.04. The topological polar surface area (TPSA) is 81.0 Å². The molecule has 0 unspecified atom stereocenters. The van der Waals surface area contributed by atoms with Crippen molar-refractivity contribution >= 4 is 22.7 Å². The first-order valence-corrected chi connectivity index (χ1v) is 4.04. The monoisotopic (exact) mass is 191 g/mol. The zero-order valence-corrected chi connectivity index (χ0v) is 7.57. The van der Waals surface area contributed by atoms with E-state index in [1.165, 1.54) is 13.3 Å². The van der Waals surface area contributed by atoms with E-state index >= 15 is 0 Å². The van der Waals surface area contributed by atoms with E-state index in [9.17, 15) is 4.79 Å². The molecule has 2 rings (SSSR count). The molecule has 0 aliphatic heterocycles. The van der Waals surface area contributed by atoms with Crippen LogP contribution in [0.1, 0.15) is 10.4 Å². The summed E-state index contributed by atoms with van der Waals surface area (Å²) in [5.41, 5.74) is 7.20. The molecule has 0 aliphatic rings. The number of nitrogens with one attached hydrogen (secondary N) is 1. The molecule has 2 aromatic rings. The largest absolute Gasteiger partial charge is 0.465 e. The SMILES string of the molecule is COC(=O)c1ccnc2[nH]cc(N)c12. The van der Waals surface area contributed by atoms with Gasteiger partial charge >= 0.3 is 5.97 Å². The van der Waals surface area contributed by atoms with Crippen LogP contribution in [0.15, 0.2) is 18.5 Å². The number of hydrogen-bond donors (Lipinski definition) is 2. The summed E-state index contributed by atoms with van der Waals surface area (Å²) in [7, 11) is 1.33. The highest BCUT2D eigenvalue weighted by Gasteiger charge is 2.13. The average Bonchev–Trinajstić information content (AvgIpc) is 2.59. The first-order chi connectivity index (χ1) is 6.74. The maximum atomic E-state index is 11.4. The van der Waals surface area contributed by atoms with Crippen LogP contribution >= 0.6 is 0 Å². The number of esters is 1. The van der Waals surface area contributed by atoms with Crippen molar-refractivity contribution in [1.29, 1.82) is 0 Å². The van der Waals surface area contributed by atoms with Gasteiger partial charge in [0, 0.05) is 12.4 Å². The number of anilines is 1. The number of nitrogen functional groups attached to an aromatic ring is 1. The molecular formula is C9H9N3O2. The van der Waals surface area contributed by atoms with Crippen LogP contribution < -0.4 is 5.73 Å². The van der Waals surface area contributed by atoms with Gasteiger partial charge < -0.3 is 15.5 Å². The predicted octanol–water partition coefficient (Wildman–Crippen LogP) is 0.932. The molecule has 0 saturated heterocycles. The van der Waals surface area contributed by atoms with Crippen LogP contribution in [-0.4, -0.2) is 23.0 Å². The van der Waals surface area contributed by atoms with Crippen molar-refractivity contribution < 1.29 is 9.53 Å². The number of aromatic nitrogens is 2. The summed E-state index contributed by atoms with van der Waals surface area (Å²) in [6.07, 6.45) is 3.13. The molecule has 2 aromatic heterocycles. The van der Waals surface area contributed by atoms with Gasteiger partial charge in [-0.3, -0.25) is 0 Å².